The molecule has 0 saturated heterocycles. The lowest BCUT2D eigenvalue weighted by Crippen LogP contribution is -2.06. The van der Waals surface area contributed by atoms with E-state index in [0.29, 0.717) is 0 Å². The molecule has 72 valence electrons. The summed E-state index contributed by atoms with van der Waals surface area (Å²) in [4.78, 5) is 5.51. The van der Waals surface area contributed by atoms with Crippen molar-refractivity contribution in [2.45, 2.75) is 31.2 Å². The third-order valence-electron chi connectivity index (χ3n) is 1.70. The predicted molar refractivity (Wildman–Crippen MR) is 57.9 cm³/mol. The lowest BCUT2D eigenvalue weighted by molar-refractivity contribution is 0.777. The van der Waals surface area contributed by atoms with Crippen LogP contribution in [0.3, 0.4) is 0 Å². The van der Waals surface area contributed by atoms with E-state index in [1.165, 1.54) is 11.3 Å². The molecule has 0 saturated carbocycles. The fourth-order valence-corrected chi connectivity index (χ4v) is 1.70. The molecule has 0 aliphatic rings. The van der Waals surface area contributed by atoms with Gasteiger partial charge < -0.3 is 5.73 Å². The normalized spacial score (nSPS) is 12.8. The Morgan fingerprint density at radius 1 is 1.54 bits per heavy atom. The van der Waals surface area contributed by atoms with Gasteiger partial charge in [0.25, 0.3) is 0 Å². The van der Waals surface area contributed by atoms with Crippen LogP contribution in [0.1, 0.15) is 32.0 Å². The smallest absolute Gasteiger partial charge is 0.0569 e. The van der Waals surface area contributed by atoms with Crippen LogP contribution in [0.4, 0.5) is 0 Å². The van der Waals surface area contributed by atoms with Gasteiger partial charge in [0.2, 0.25) is 0 Å². The van der Waals surface area contributed by atoms with E-state index in [1.807, 2.05) is 30.9 Å². The lowest BCUT2D eigenvalue weighted by Gasteiger charge is -2.04. The number of nitrogens with two attached hydrogens (primary N) is 1. The van der Waals surface area contributed by atoms with Crippen molar-refractivity contribution < 1.29 is 0 Å². The molecule has 2 N–H and O–H groups in total. The molecule has 0 aliphatic heterocycles. The Bertz CT molecular complexity index is 244. The van der Waals surface area contributed by atoms with Crippen LogP contribution in [0, 0.1) is 0 Å². The number of rotatable bonds is 4. The molecule has 0 fully saturated rings. The minimum Gasteiger partial charge on any atom is -0.323 e. The van der Waals surface area contributed by atoms with Gasteiger partial charge in [0.05, 0.1) is 5.69 Å². The Labute approximate surface area is 83.9 Å². The molecule has 1 atom stereocenters. The summed E-state index contributed by atoms with van der Waals surface area (Å²) >= 11 is 1.84. The van der Waals surface area contributed by atoms with Crippen LogP contribution in [-0.4, -0.2) is 10.7 Å². The lowest BCUT2D eigenvalue weighted by atomic mass is 10.2. The number of nitrogens with zero attached hydrogens (tertiary/aromatic N) is 1. The largest absolute Gasteiger partial charge is 0.323 e. The molecule has 0 radical (unpaired) electrons. The van der Waals surface area contributed by atoms with Crippen LogP contribution < -0.4 is 5.73 Å². The van der Waals surface area contributed by atoms with Crippen molar-refractivity contribution in [1.82, 2.24) is 4.98 Å². The fourth-order valence-electron chi connectivity index (χ4n) is 0.966. The van der Waals surface area contributed by atoms with Gasteiger partial charge in [-0.05, 0) is 31.2 Å². The molecule has 1 unspecified atom stereocenters. The number of hydrogen-bond donors (Lipinski definition) is 1. The van der Waals surface area contributed by atoms with Crippen LogP contribution >= 0.6 is 11.8 Å². The Kier molecular flexibility index (Phi) is 4.25. The molecule has 1 aromatic heterocycles. The molecule has 3 heteroatoms. The molecule has 1 heterocycles. The Hall–Kier alpha value is -0.540. The molecular formula is C10H16N2S. The maximum Gasteiger partial charge on any atom is 0.0569 e. The van der Waals surface area contributed by atoms with Crippen LogP contribution in [0.25, 0.3) is 0 Å². The third-order valence-corrected chi connectivity index (χ3v) is 2.89. The van der Waals surface area contributed by atoms with E-state index in [-0.39, 0.29) is 6.04 Å². The standard InChI is InChI=1S/C10H16N2S/c1-3-6-13-9-4-5-10(8(2)11)12-7-9/h4-5,7-8H,3,6,11H2,1-2H3. The van der Waals surface area contributed by atoms with Crippen molar-refractivity contribution in [3.05, 3.63) is 24.0 Å². The first-order valence-electron chi connectivity index (χ1n) is 4.58. The van der Waals surface area contributed by atoms with E-state index in [1.54, 1.807) is 0 Å². The Morgan fingerprint density at radius 2 is 2.31 bits per heavy atom. The van der Waals surface area contributed by atoms with Gasteiger partial charge in [0.15, 0.2) is 0 Å². The number of pyridine rings is 1. The van der Waals surface area contributed by atoms with Crippen LogP contribution in [-0.2, 0) is 0 Å². The van der Waals surface area contributed by atoms with E-state index >= 15 is 0 Å². The van der Waals surface area contributed by atoms with Gasteiger partial charge in [-0.25, -0.2) is 0 Å². The Balaban J connectivity index is 2.59. The third kappa shape index (κ3) is 3.36. The van der Waals surface area contributed by atoms with E-state index in [2.05, 4.69) is 18.0 Å². The van der Waals surface area contributed by atoms with Gasteiger partial charge in [0.1, 0.15) is 0 Å². The predicted octanol–water partition coefficient (Wildman–Crippen LogP) is 2.60. The van der Waals surface area contributed by atoms with E-state index < -0.39 is 0 Å². The highest BCUT2D eigenvalue weighted by Gasteiger charge is 2.00. The van der Waals surface area contributed by atoms with Crippen molar-refractivity contribution in [1.29, 1.82) is 0 Å². The average molecular weight is 196 g/mol. The molecule has 0 bridgehead atoms. The zero-order chi connectivity index (χ0) is 9.68. The van der Waals surface area contributed by atoms with Crippen LogP contribution in [0.5, 0.6) is 0 Å². The number of thioether (sulfide) groups is 1. The molecule has 0 spiro atoms. The van der Waals surface area contributed by atoms with E-state index in [4.69, 9.17) is 5.73 Å². The van der Waals surface area contributed by atoms with Gasteiger partial charge in [-0.1, -0.05) is 6.92 Å². The first kappa shape index (κ1) is 10.5. The van der Waals surface area contributed by atoms with Gasteiger partial charge in [-0.15, -0.1) is 11.8 Å². The van der Waals surface area contributed by atoms with E-state index in [9.17, 15) is 0 Å². The summed E-state index contributed by atoms with van der Waals surface area (Å²) in [5, 5.41) is 0. The van der Waals surface area contributed by atoms with Crippen molar-refractivity contribution >= 4 is 11.8 Å². The fraction of sp³-hybridized carbons (Fsp3) is 0.500. The van der Waals surface area contributed by atoms with Crippen LogP contribution in [0.2, 0.25) is 0 Å². The first-order valence-corrected chi connectivity index (χ1v) is 5.57. The van der Waals surface area contributed by atoms with Crippen LogP contribution in [0.15, 0.2) is 23.2 Å². The first-order chi connectivity index (χ1) is 6.24. The number of hydrogen-bond acceptors (Lipinski definition) is 3. The minimum atomic E-state index is 0.0326. The zero-order valence-corrected chi connectivity index (χ0v) is 8.97. The maximum absolute atomic E-state index is 5.69. The summed E-state index contributed by atoms with van der Waals surface area (Å²) in [5.74, 6) is 1.15. The second-order valence-electron chi connectivity index (χ2n) is 3.06. The molecule has 0 aromatic carbocycles. The van der Waals surface area contributed by atoms with Crippen molar-refractivity contribution in [2.24, 2.45) is 5.73 Å². The van der Waals surface area contributed by atoms with Gasteiger partial charge in [-0.3, -0.25) is 4.98 Å². The minimum absolute atomic E-state index is 0.0326. The molecule has 1 aromatic rings. The van der Waals surface area contributed by atoms with Gasteiger partial charge in [-0.2, -0.15) is 0 Å². The highest BCUT2D eigenvalue weighted by atomic mass is 32.2. The van der Waals surface area contributed by atoms with Gasteiger partial charge in [0, 0.05) is 17.1 Å². The number of aromatic nitrogens is 1. The zero-order valence-electron chi connectivity index (χ0n) is 8.16. The summed E-state index contributed by atoms with van der Waals surface area (Å²) in [7, 11) is 0. The molecule has 1 rings (SSSR count). The maximum atomic E-state index is 5.69. The topological polar surface area (TPSA) is 38.9 Å². The molecule has 0 aliphatic carbocycles. The second kappa shape index (κ2) is 5.25. The summed E-state index contributed by atoms with van der Waals surface area (Å²) in [6.45, 7) is 4.12. The van der Waals surface area contributed by atoms with E-state index in [0.717, 1.165) is 11.4 Å². The van der Waals surface area contributed by atoms with Crippen molar-refractivity contribution in [3.63, 3.8) is 0 Å². The second-order valence-corrected chi connectivity index (χ2v) is 4.22. The van der Waals surface area contributed by atoms with Crippen molar-refractivity contribution in [2.75, 3.05) is 5.75 Å². The van der Waals surface area contributed by atoms with Crippen molar-refractivity contribution in [3.8, 4) is 0 Å². The molecule has 13 heavy (non-hydrogen) atoms. The summed E-state index contributed by atoms with van der Waals surface area (Å²) in [6, 6.07) is 4.12. The Morgan fingerprint density at radius 3 is 2.77 bits per heavy atom. The molecular weight excluding hydrogens is 180 g/mol. The quantitative estimate of drug-likeness (QED) is 0.752. The SMILES string of the molecule is CCCSc1ccc(C(C)N)nc1. The van der Waals surface area contributed by atoms with Gasteiger partial charge >= 0.3 is 0 Å². The summed E-state index contributed by atoms with van der Waals surface area (Å²) < 4.78 is 0. The monoisotopic (exact) mass is 196 g/mol. The molecule has 2 nitrogen and oxygen atoms in total. The summed E-state index contributed by atoms with van der Waals surface area (Å²) in [6.07, 6.45) is 3.10. The highest BCUT2D eigenvalue weighted by Crippen LogP contribution is 2.18. The summed E-state index contributed by atoms with van der Waals surface area (Å²) in [5.41, 5.74) is 6.65. The highest BCUT2D eigenvalue weighted by molar-refractivity contribution is 7.99. The molecule has 0 amide bonds. The average Bonchev–Trinajstić information content (AvgIpc) is 2.15.